The average Bonchev–Trinajstić information content (AvgIpc) is 3.21. The Kier molecular flexibility index (Phi) is 4.37. The quantitative estimate of drug-likeness (QED) is 0.541. The molecule has 26 heavy (non-hydrogen) atoms. The maximum Gasteiger partial charge on any atom is 0.229 e. The highest BCUT2D eigenvalue weighted by atomic mass is 79.9. The first kappa shape index (κ1) is 16.6. The highest BCUT2D eigenvalue weighted by Gasteiger charge is 2.09. The van der Waals surface area contributed by atoms with Crippen LogP contribution in [-0.4, -0.2) is 29.5 Å². The third-order valence-corrected chi connectivity index (χ3v) is 4.13. The van der Waals surface area contributed by atoms with Gasteiger partial charge in [0.1, 0.15) is 5.82 Å². The Morgan fingerprint density at radius 1 is 1.19 bits per heavy atom. The van der Waals surface area contributed by atoms with Crippen LogP contribution in [0.3, 0.4) is 0 Å². The van der Waals surface area contributed by atoms with Crippen LogP contribution in [0.4, 0.5) is 16.0 Å². The van der Waals surface area contributed by atoms with Gasteiger partial charge in [-0.3, -0.25) is 4.68 Å². The van der Waals surface area contributed by atoms with Crippen molar-refractivity contribution in [1.29, 1.82) is 0 Å². The van der Waals surface area contributed by atoms with Crippen molar-refractivity contribution < 1.29 is 4.39 Å². The van der Waals surface area contributed by atoms with Gasteiger partial charge < -0.3 is 5.32 Å². The summed E-state index contributed by atoms with van der Waals surface area (Å²) in [6.45, 7) is 5.63. The minimum atomic E-state index is -0.304. The summed E-state index contributed by atoms with van der Waals surface area (Å²) >= 11 is 3.30. The molecule has 130 valence electrons. The fraction of sp³-hybridized carbons (Fsp3) is 0.0588. The van der Waals surface area contributed by atoms with E-state index < -0.39 is 0 Å². The number of nitrogens with one attached hydrogen (secondary N) is 1. The van der Waals surface area contributed by atoms with Gasteiger partial charge in [-0.05, 0) is 30.7 Å². The van der Waals surface area contributed by atoms with E-state index >= 15 is 0 Å². The first-order valence-electron chi connectivity index (χ1n) is 7.68. The Labute approximate surface area is 157 Å². The Bertz CT molecular complexity index is 1050. The Balaban J connectivity index is 1.63. The van der Waals surface area contributed by atoms with Crippen LogP contribution in [-0.2, 0) is 6.54 Å². The van der Waals surface area contributed by atoms with Gasteiger partial charge in [-0.25, -0.2) is 14.1 Å². The molecule has 1 N–H and O–H groups in total. The summed E-state index contributed by atoms with van der Waals surface area (Å²) in [6, 6.07) is 4.74. The van der Waals surface area contributed by atoms with Gasteiger partial charge in [-0.1, -0.05) is 15.9 Å². The molecule has 2 radical (unpaired) electrons. The molecule has 1 aromatic carbocycles. The summed E-state index contributed by atoms with van der Waals surface area (Å²) in [4.78, 5) is 8.80. The maximum atomic E-state index is 13.6. The topological polar surface area (TPSA) is 73.5 Å². The number of rotatable bonds is 5. The van der Waals surface area contributed by atoms with Crippen molar-refractivity contribution >= 4 is 38.6 Å². The molecule has 0 spiro atoms. The van der Waals surface area contributed by atoms with E-state index in [0.29, 0.717) is 22.6 Å². The molecule has 3 heterocycles. The molecule has 0 saturated heterocycles. The lowest BCUT2D eigenvalue weighted by Gasteiger charge is -2.06. The van der Waals surface area contributed by atoms with Crippen molar-refractivity contribution in [2.75, 3.05) is 5.32 Å². The second-order valence-corrected chi connectivity index (χ2v) is 6.48. The molecule has 9 heteroatoms. The lowest BCUT2D eigenvalue weighted by Crippen LogP contribution is -2.04. The molecular weight excluding hydrogens is 401 g/mol. The van der Waals surface area contributed by atoms with E-state index in [-0.39, 0.29) is 5.82 Å². The number of halogens is 2. The van der Waals surface area contributed by atoms with Gasteiger partial charge in [0.2, 0.25) is 5.95 Å². The summed E-state index contributed by atoms with van der Waals surface area (Å²) in [5.41, 5.74) is 2.17. The van der Waals surface area contributed by atoms with Crippen molar-refractivity contribution in [3.05, 3.63) is 72.3 Å². The first-order valence-corrected chi connectivity index (χ1v) is 8.47. The van der Waals surface area contributed by atoms with Gasteiger partial charge in [0.25, 0.3) is 0 Å². The smallest absolute Gasteiger partial charge is 0.229 e. The number of fused-ring (bicyclic) bond motifs is 1. The minimum absolute atomic E-state index is 0.304. The second kappa shape index (κ2) is 6.83. The summed E-state index contributed by atoms with van der Waals surface area (Å²) in [6.07, 6.45) is 6.79. The van der Waals surface area contributed by atoms with E-state index in [0.717, 1.165) is 16.6 Å². The zero-order chi connectivity index (χ0) is 18.1. The van der Waals surface area contributed by atoms with Crippen LogP contribution < -0.4 is 5.32 Å². The van der Waals surface area contributed by atoms with Crippen LogP contribution in [0, 0.1) is 19.3 Å². The van der Waals surface area contributed by atoms with Gasteiger partial charge in [0, 0.05) is 16.9 Å². The van der Waals surface area contributed by atoms with Crippen molar-refractivity contribution in [2.45, 2.75) is 6.54 Å². The van der Waals surface area contributed by atoms with Crippen LogP contribution in [0.5, 0.6) is 0 Å². The monoisotopic (exact) mass is 413 g/mol. The molecule has 0 fully saturated rings. The highest BCUT2D eigenvalue weighted by molar-refractivity contribution is 9.10. The summed E-state index contributed by atoms with van der Waals surface area (Å²) in [7, 11) is 0. The van der Waals surface area contributed by atoms with Crippen LogP contribution in [0.1, 0.15) is 5.56 Å². The van der Waals surface area contributed by atoms with E-state index in [2.05, 4.69) is 48.3 Å². The minimum Gasteiger partial charge on any atom is -0.321 e. The molecule has 4 aromatic rings. The van der Waals surface area contributed by atoms with Crippen molar-refractivity contribution in [3.63, 3.8) is 0 Å². The zero-order valence-corrected chi connectivity index (χ0v) is 15.1. The van der Waals surface area contributed by atoms with Crippen LogP contribution >= 0.6 is 15.9 Å². The molecule has 0 amide bonds. The number of anilines is 2. The number of nitrogens with zero attached hydrogens (tertiary/aromatic N) is 6. The number of hydrogen-bond donors (Lipinski definition) is 1. The molecule has 0 aliphatic heterocycles. The van der Waals surface area contributed by atoms with Crippen LogP contribution in [0.25, 0.3) is 11.0 Å². The molecule has 0 atom stereocenters. The van der Waals surface area contributed by atoms with Gasteiger partial charge in [-0.15, -0.1) is 0 Å². The molecule has 7 nitrogen and oxygen atoms in total. The lowest BCUT2D eigenvalue weighted by molar-refractivity contribution is 0.619. The predicted molar refractivity (Wildman–Crippen MR) is 99.1 cm³/mol. The molecule has 0 unspecified atom stereocenters. The average molecular weight is 414 g/mol. The largest absolute Gasteiger partial charge is 0.321 e. The second-order valence-electron chi connectivity index (χ2n) is 5.57. The van der Waals surface area contributed by atoms with E-state index in [9.17, 15) is 4.39 Å². The maximum absolute atomic E-state index is 13.6. The predicted octanol–water partition coefficient (Wildman–Crippen LogP) is 3.56. The van der Waals surface area contributed by atoms with E-state index in [1.807, 2.05) is 6.07 Å². The van der Waals surface area contributed by atoms with Gasteiger partial charge >= 0.3 is 0 Å². The van der Waals surface area contributed by atoms with Crippen molar-refractivity contribution in [1.82, 2.24) is 29.5 Å². The standard InChI is InChI=1S/C17H13BrFN7/c1-2-25-10-15(8-21-25)23-17-20-6-12-7-22-26(16(12)24-17)9-11-3-13(18)5-14(19)4-11/h2-8,10H,1,9H2,(H,20,23,24). The zero-order valence-electron chi connectivity index (χ0n) is 13.5. The van der Waals surface area contributed by atoms with Crippen molar-refractivity contribution in [3.8, 4) is 0 Å². The summed E-state index contributed by atoms with van der Waals surface area (Å²) < 4.78 is 17.6. The fourth-order valence-corrected chi connectivity index (χ4v) is 3.06. The summed E-state index contributed by atoms with van der Waals surface area (Å²) in [5.74, 6) is 0.116. The Morgan fingerprint density at radius 3 is 2.85 bits per heavy atom. The van der Waals surface area contributed by atoms with Crippen LogP contribution in [0.15, 0.2) is 47.5 Å². The van der Waals surface area contributed by atoms with Gasteiger partial charge in [-0.2, -0.15) is 15.2 Å². The highest BCUT2D eigenvalue weighted by Crippen LogP contribution is 2.19. The molecule has 0 aliphatic rings. The molecule has 0 saturated carbocycles. The Hall–Kier alpha value is -2.81. The van der Waals surface area contributed by atoms with E-state index in [1.54, 1.807) is 40.7 Å². The van der Waals surface area contributed by atoms with Crippen molar-refractivity contribution in [2.24, 2.45) is 0 Å². The molecule has 3 aromatic heterocycles. The number of aromatic nitrogens is 6. The third kappa shape index (κ3) is 3.43. The van der Waals surface area contributed by atoms with Gasteiger partial charge in [0.05, 0.1) is 36.6 Å². The molecule has 0 aliphatic carbocycles. The SMILES string of the molecule is [CH2][CH]n1cc(Nc2ncc3cnn(Cc4cc(F)cc(Br)c4)c3n2)cn1. The normalized spacial score (nSPS) is 11.2. The number of benzene rings is 1. The first-order chi connectivity index (χ1) is 12.6. The molecule has 0 bridgehead atoms. The van der Waals surface area contributed by atoms with E-state index in [4.69, 9.17) is 0 Å². The lowest BCUT2D eigenvalue weighted by atomic mass is 10.2. The van der Waals surface area contributed by atoms with E-state index in [1.165, 1.54) is 12.1 Å². The Morgan fingerprint density at radius 2 is 2.08 bits per heavy atom. The number of hydrogen-bond acceptors (Lipinski definition) is 5. The van der Waals surface area contributed by atoms with Gasteiger partial charge in [0.15, 0.2) is 5.65 Å². The molecule has 4 rings (SSSR count). The summed E-state index contributed by atoms with van der Waals surface area (Å²) in [5, 5.41) is 12.3. The fourth-order valence-electron chi connectivity index (χ4n) is 2.55. The molecular formula is C17H13BrFN7. The third-order valence-electron chi connectivity index (χ3n) is 3.68. The van der Waals surface area contributed by atoms with Crippen LogP contribution in [0.2, 0.25) is 0 Å².